The summed E-state index contributed by atoms with van der Waals surface area (Å²) in [5.41, 5.74) is 1.35. The van der Waals surface area contributed by atoms with Gasteiger partial charge < -0.3 is 10.1 Å². The number of ether oxygens (including phenoxy) is 1. The van der Waals surface area contributed by atoms with Crippen LogP contribution in [0, 0.1) is 5.82 Å². The molecule has 1 aromatic carbocycles. The number of hydrogen-bond donors (Lipinski definition) is 1. The second-order valence-electron chi connectivity index (χ2n) is 4.35. The summed E-state index contributed by atoms with van der Waals surface area (Å²) in [4.78, 5) is 8.15. The van der Waals surface area contributed by atoms with Crippen LogP contribution in [0.15, 0.2) is 30.6 Å². The first-order chi connectivity index (χ1) is 9.10. The molecule has 0 atom stereocenters. The highest BCUT2D eigenvalue weighted by molar-refractivity contribution is 5.63. The molecule has 0 radical (unpaired) electrons. The number of halogens is 1. The second kappa shape index (κ2) is 5.65. The molecular weight excluding hydrogens is 245 g/mol. The van der Waals surface area contributed by atoms with Crippen LogP contribution in [0.4, 0.5) is 10.2 Å². The molecule has 0 aliphatic heterocycles. The van der Waals surface area contributed by atoms with Crippen LogP contribution in [0.25, 0.3) is 11.3 Å². The number of nitrogens with one attached hydrogen (secondary N) is 1. The monoisotopic (exact) mass is 261 g/mol. The third-order valence-electron chi connectivity index (χ3n) is 2.51. The molecular formula is C14H16FN3O. The van der Waals surface area contributed by atoms with Gasteiger partial charge in [-0.1, -0.05) is 0 Å². The van der Waals surface area contributed by atoms with Gasteiger partial charge in [0.1, 0.15) is 12.1 Å². The maximum absolute atomic E-state index is 13.9. The molecule has 1 aromatic heterocycles. The SMILES string of the molecule is CNc1cc(-c2ccc(OC(C)C)c(F)c2)ncn1. The number of benzene rings is 1. The number of anilines is 1. The van der Waals surface area contributed by atoms with Crippen LogP contribution >= 0.6 is 0 Å². The summed E-state index contributed by atoms with van der Waals surface area (Å²) < 4.78 is 19.3. The largest absolute Gasteiger partial charge is 0.488 e. The van der Waals surface area contributed by atoms with Crippen molar-refractivity contribution in [1.29, 1.82) is 0 Å². The standard InChI is InChI=1S/C14H16FN3O/c1-9(2)19-13-5-4-10(6-11(13)15)12-7-14(16-3)18-8-17-12/h4-9H,1-3H3,(H,16,17,18). The number of aromatic nitrogens is 2. The Bertz CT molecular complexity index is 572. The molecule has 0 bridgehead atoms. The summed E-state index contributed by atoms with van der Waals surface area (Å²) in [6, 6.07) is 6.58. The molecule has 0 fully saturated rings. The van der Waals surface area contributed by atoms with Gasteiger partial charge in [-0.15, -0.1) is 0 Å². The maximum atomic E-state index is 13.9. The van der Waals surface area contributed by atoms with Crippen LogP contribution in [0.2, 0.25) is 0 Å². The van der Waals surface area contributed by atoms with Crippen molar-refractivity contribution in [1.82, 2.24) is 9.97 Å². The summed E-state index contributed by atoms with van der Waals surface area (Å²) in [6.45, 7) is 3.72. The van der Waals surface area contributed by atoms with Gasteiger partial charge in [-0.25, -0.2) is 14.4 Å². The molecule has 1 N–H and O–H groups in total. The summed E-state index contributed by atoms with van der Waals surface area (Å²) in [7, 11) is 1.77. The van der Waals surface area contributed by atoms with E-state index in [4.69, 9.17) is 4.74 Å². The molecule has 0 aliphatic carbocycles. The second-order valence-corrected chi connectivity index (χ2v) is 4.35. The van der Waals surface area contributed by atoms with Crippen LogP contribution in [0.3, 0.4) is 0 Å². The van der Waals surface area contributed by atoms with Crippen molar-refractivity contribution in [3.63, 3.8) is 0 Å². The minimum atomic E-state index is -0.393. The molecule has 0 aliphatic rings. The fourth-order valence-corrected chi connectivity index (χ4v) is 1.66. The Morgan fingerprint density at radius 1 is 1.21 bits per heavy atom. The van der Waals surface area contributed by atoms with Crippen molar-refractivity contribution in [2.45, 2.75) is 20.0 Å². The molecule has 0 unspecified atom stereocenters. The Morgan fingerprint density at radius 3 is 2.63 bits per heavy atom. The first-order valence-electron chi connectivity index (χ1n) is 6.06. The van der Waals surface area contributed by atoms with E-state index >= 15 is 0 Å². The highest BCUT2D eigenvalue weighted by Crippen LogP contribution is 2.25. The molecule has 5 heteroatoms. The van der Waals surface area contributed by atoms with E-state index < -0.39 is 5.82 Å². The van der Waals surface area contributed by atoms with Gasteiger partial charge in [0, 0.05) is 18.7 Å². The molecule has 2 aromatic rings. The lowest BCUT2D eigenvalue weighted by molar-refractivity contribution is 0.231. The first-order valence-corrected chi connectivity index (χ1v) is 6.06. The zero-order valence-electron chi connectivity index (χ0n) is 11.1. The van der Waals surface area contributed by atoms with E-state index in [9.17, 15) is 4.39 Å². The Morgan fingerprint density at radius 2 is 2.00 bits per heavy atom. The third-order valence-corrected chi connectivity index (χ3v) is 2.51. The topological polar surface area (TPSA) is 47.0 Å². The van der Waals surface area contributed by atoms with Crippen LogP contribution in [0.5, 0.6) is 5.75 Å². The quantitative estimate of drug-likeness (QED) is 0.918. The lowest BCUT2D eigenvalue weighted by Gasteiger charge is -2.11. The molecule has 4 nitrogen and oxygen atoms in total. The minimum Gasteiger partial charge on any atom is -0.488 e. The average Bonchev–Trinajstić information content (AvgIpc) is 2.40. The summed E-state index contributed by atoms with van der Waals surface area (Å²) >= 11 is 0. The smallest absolute Gasteiger partial charge is 0.165 e. The Labute approximate surface area is 111 Å². The molecule has 0 spiro atoms. The highest BCUT2D eigenvalue weighted by Gasteiger charge is 2.09. The molecule has 19 heavy (non-hydrogen) atoms. The van der Waals surface area contributed by atoms with Crippen molar-refractivity contribution < 1.29 is 9.13 Å². The lowest BCUT2D eigenvalue weighted by atomic mass is 10.1. The molecule has 0 saturated carbocycles. The predicted molar refractivity (Wildman–Crippen MR) is 72.7 cm³/mol. The molecule has 0 amide bonds. The lowest BCUT2D eigenvalue weighted by Crippen LogP contribution is -2.06. The fraction of sp³-hybridized carbons (Fsp3) is 0.286. The molecule has 2 rings (SSSR count). The van der Waals surface area contributed by atoms with Crippen molar-refractivity contribution in [2.75, 3.05) is 12.4 Å². The zero-order chi connectivity index (χ0) is 13.8. The van der Waals surface area contributed by atoms with Gasteiger partial charge in [0.2, 0.25) is 0 Å². The highest BCUT2D eigenvalue weighted by atomic mass is 19.1. The molecule has 1 heterocycles. The van der Waals surface area contributed by atoms with E-state index in [1.54, 1.807) is 25.2 Å². The van der Waals surface area contributed by atoms with Crippen molar-refractivity contribution in [3.8, 4) is 17.0 Å². The van der Waals surface area contributed by atoms with Crippen LogP contribution in [-0.4, -0.2) is 23.1 Å². The van der Waals surface area contributed by atoms with E-state index in [1.807, 2.05) is 13.8 Å². The third kappa shape index (κ3) is 3.19. The van der Waals surface area contributed by atoms with Gasteiger partial charge in [0.15, 0.2) is 11.6 Å². The fourth-order valence-electron chi connectivity index (χ4n) is 1.66. The van der Waals surface area contributed by atoms with E-state index in [0.717, 1.165) is 0 Å². The van der Waals surface area contributed by atoms with E-state index in [-0.39, 0.29) is 11.9 Å². The Balaban J connectivity index is 2.33. The summed E-state index contributed by atoms with van der Waals surface area (Å²) in [6.07, 6.45) is 1.38. The maximum Gasteiger partial charge on any atom is 0.165 e. The van der Waals surface area contributed by atoms with Crippen molar-refractivity contribution >= 4 is 5.82 Å². The van der Waals surface area contributed by atoms with Gasteiger partial charge in [-0.05, 0) is 32.0 Å². The van der Waals surface area contributed by atoms with Gasteiger partial charge in [-0.2, -0.15) is 0 Å². The van der Waals surface area contributed by atoms with Gasteiger partial charge >= 0.3 is 0 Å². The predicted octanol–water partition coefficient (Wildman–Crippen LogP) is 3.11. The normalized spacial score (nSPS) is 10.6. The van der Waals surface area contributed by atoms with Crippen molar-refractivity contribution in [2.24, 2.45) is 0 Å². The van der Waals surface area contributed by atoms with Gasteiger partial charge in [0.05, 0.1) is 11.8 Å². The van der Waals surface area contributed by atoms with E-state index in [2.05, 4.69) is 15.3 Å². The summed E-state index contributed by atoms with van der Waals surface area (Å²) in [5.74, 6) is 0.547. The minimum absolute atomic E-state index is 0.0599. The van der Waals surface area contributed by atoms with Crippen LogP contribution in [0.1, 0.15) is 13.8 Å². The summed E-state index contributed by atoms with van der Waals surface area (Å²) in [5, 5.41) is 2.92. The average molecular weight is 261 g/mol. The van der Waals surface area contributed by atoms with E-state index in [1.165, 1.54) is 12.4 Å². The van der Waals surface area contributed by atoms with Gasteiger partial charge in [0.25, 0.3) is 0 Å². The molecule has 100 valence electrons. The number of rotatable bonds is 4. The van der Waals surface area contributed by atoms with E-state index in [0.29, 0.717) is 17.1 Å². The van der Waals surface area contributed by atoms with Crippen molar-refractivity contribution in [3.05, 3.63) is 36.4 Å². The van der Waals surface area contributed by atoms with Gasteiger partial charge in [-0.3, -0.25) is 0 Å². The number of hydrogen-bond acceptors (Lipinski definition) is 4. The molecule has 0 saturated heterocycles. The van der Waals surface area contributed by atoms with Crippen LogP contribution in [-0.2, 0) is 0 Å². The zero-order valence-corrected chi connectivity index (χ0v) is 11.1. The first kappa shape index (κ1) is 13.3. The Hall–Kier alpha value is -2.17. The van der Waals surface area contributed by atoms with Crippen LogP contribution < -0.4 is 10.1 Å². The number of nitrogens with zero attached hydrogens (tertiary/aromatic N) is 2. The Kier molecular flexibility index (Phi) is 3.94.